The van der Waals surface area contributed by atoms with E-state index in [1.807, 2.05) is 0 Å². The lowest BCUT2D eigenvalue weighted by Crippen LogP contribution is -2.36. The zero-order valence-corrected chi connectivity index (χ0v) is 12.6. The van der Waals surface area contributed by atoms with E-state index in [1.165, 1.54) is 4.31 Å². The van der Waals surface area contributed by atoms with Gasteiger partial charge >= 0.3 is 5.97 Å². The van der Waals surface area contributed by atoms with Gasteiger partial charge in [-0.3, -0.25) is 0 Å². The summed E-state index contributed by atoms with van der Waals surface area (Å²) in [4.78, 5) is 10.6. The fourth-order valence-corrected chi connectivity index (χ4v) is 4.12. The van der Waals surface area contributed by atoms with Gasteiger partial charge in [0.15, 0.2) is 4.67 Å². The standard InChI is InChI=1S/C10H14BrNO5S/c1-4-12(6(2)3)18(15,16)8-5-7(10(13)14)17-9(8)11/h5-6H,4H2,1-3H3,(H,13,14). The van der Waals surface area contributed by atoms with Crippen molar-refractivity contribution in [2.75, 3.05) is 6.54 Å². The van der Waals surface area contributed by atoms with Crippen LogP contribution < -0.4 is 0 Å². The Balaban J connectivity index is 3.32. The molecule has 6 nitrogen and oxygen atoms in total. The minimum absolute atomic E-state index is 0.0981. The van der Waals surface area contributed by atoms with Gasteiger partial charge in [0.25, 0.3) is 0 Å². The van der Waals surface area contributed by atoms with Crippen LogP contribution in [0.5, 0.6) is 0 Å². The number of rotatable bonds is 5. The smallest absolute Gasteiger partial charge is 0.371 e. The maximum absolute atomic E-state index is 12.3. The molecule has 0 radical (unpaired) electrons. The summed E-state index contributed by atoms with van der Waals surface area (Å²) in [6.07, 6.45) is 0. The topological polar surface area (TPSA) is 87.8 Å². The second-order valence-corrected chi connectivity index (χ2v) is 6.44. The highest BCUT2D eigenvalue weighted by atomic mass is 79.9. The predicted octanol–water partition coefficient (Wildman–Crippen LogP) is 2.16. The summed E-state index contributed by atoms with van der Waals surface area (Å²) in [5, 5.41) is 8.77. The van der Waals surface area contributed by atoms with E-state index in [9.17, 15) is 13.2 Å². The van der Waals surface area contributed by atoms with Gasteiger partial charge in [0.1, 0.15) is 4.90 Å². The summed E-state index contributed by atoms with van der Waals surface area (Å²) in [5.74, 6) is -1.73. The van der Waals surface area contributed by atoms with Crippen LogP contribution in [-0.4, -0.2) is 36.4 Å². The first kappa shape index (κ1) is 15.2. The van der Waals surface area contributed by atoms with E-state index < -0.39 is 21.8 Å². The Bertz CT molecular complexity index is 549. The van der Waals surface area contributed by atoms with Crippen LogP contribution in [0, 0.1) is 0 Å². The third-order valence-electron chi connectivity index (χ3n) is 2.34. The first-order valence-electron chi connectivity index (χ1n) is 5.26. The van der Waals surface area contributed by atoms with Crippen LogP contribution in [0.3, 0.4) is 0 Å². The van der Waals surface area contributed by atoms with E-state index in [1.54, 1.807) is 20.8 Å². The Kier molecular flexibility index (Phi) is 4.57. The lowest BCUT2D eigenvalue weighted by atomic mass is 10.4. The number of hydrogen-bond acceptors (Lipinski definition) is 4. The molecule has 0 aliphatic heterocycles. The molecule has 18 heavy (non-hydrogen) atoms. The number of carboxylic acid groups (broad SMARTS) is 1. The summed E-state index contributed by atoms with van der Waals surface area (Å²) < 4.78 is 30.6. The highest BCUT2D eigenvalue weighted by molar-refractivity contribution is 9.10. The predicted molar refractivity (Wildman–Crippen MR) is 68.1 cm³/mol. The van der Waals surface area contributed by atoms with Crippen LogP contribution in [0.25, 0.3) is 0 Å². The van der Waals surface area contributed by atoms with Gasteiger partial charge in [0, 0.05) is 18.7 Å². The molecule has 1 N–H and O–H groups in total. The zero-order valence-electron chi connectivity index (χ0n) is 10.2. The van der Waals surface area contributed by atoms with E-state index in [4.69, 9.17) is 9.52 Å². The van der Waals surface area contributed by atoms with Crippen LogP contribution in [0.4, 0.5) is 0 Å². The minimum atomic E-state index is -3.76. The van der Waals surface area contributed by atoms with Gasteiger partial charge in [-0.2, -0.15) is 4.31 Å². The molecule has 0 fully saturated rings. The molecule has 8 heteroatoms. The van der Waals surface area contributed by atoms with Gasteiger partial charge in [-0.1, -0.05) is 6.92 Å². The van der Waals surface area contributed by atoms with E-state index in [0.717, 1.165) is 6.07 Å². The zero-order chi connectivity index (χ0) is 14.1. The average Bonchev–Trinajstić information content (AvgIpc) is 2.60. The van der Waals surface area contributed by atoms with Crippen LogP contribution in [0.15, 0.2) is 20.0 Å². The lowest BCUT2D eigenvalue weighted by Gasteiger charge is -2.23. The van der Waals surface area contributed by atoms with Gasteiger partial charge in [-0.05, 0) is 29.8 Å². The second kappa shape index (κ2) is 5.41. The molecular weight excluding hydrogens is 326 g/mol. The Morgan fingerprint density at radius 3 is 2.44 bits per heavy atom. The normalized spacial score (nSPS) is 12.3. The van der Waals surface area contributed by atoms with Crippen LogP contribution in [0.1, 0.15) is 31.3 Å². The molecule has 102 valence electrons. The SMILES string of the molecule is CCN(C(C)C)S(=O)(=O)c1cc(C(=O)O)oc1Br. The van der Waals surface area contributed by atoms with Gasteiger partial charge in [-0.15, -0.1) is 0 Å². The van der Waals surface area contributed by atoms with Crippen molar-refractivity contribution in [2.45, 2.75) is 31.7 Å². The average molecular weight is 340 g/mol. The van der Waals surface area contributed by atoms with Crippen molar-refractivity contribution in [1.29, 1.82) is 0 Å². The van der Waals surface area contributed by atoms with Gasteiger partial charge < -0.3 is 9.52 Å². The number of carbonyl (C=O) groups is 1. The van der Waals surface area contributed by atoms with Gasteiger partial charge in [0.05, 0.1) is 0 Å². The Morgan fingerprint density at radius 1 is 1.56 bits per heavy atom. The Morgan fingerprint density at radius 2 is 2.11 bits per heavy atom. The van der Waals surface area contributed by atoms with E-state index in [2.05, 4.69) is 15.9 Å². The van der Waals surface area contributed by atoms with Crippen molar-refractivity contribution < 1.29 is 22.7 Å². The fraction of sp³-hybridized carbons (Fsp3) is 0.500. The number of hydrogen-bond donors (Lipinski definition) is 1. The van der Waals surface area contributed by atoms with Crippen molar-refractivity contribution in [3.63, 3.8) is 0 Å². The second-order valence-electron chi connectivity index (χ2n) is 3.86. The first-order chi connectivity index (χ1) is 8.21. The van der Waals surface area contributed by atoms with Crippen molar-refractivity contribution in [3.05, 3.63) is 16.5 Å². The maximum atomic E-state index is 12.3. The van der Waals surface area contributed by atoms with E-state index >= 15 is 0 Å². The summed E-state index contributed by atoms with van der Waals surface area (Å²) >= 11 is 2.93. The number of halogens is 1. The molecule has 1 aromatic heterocycles. The van der Waals surface area contributed by atoms with Crippen LogP contribution >= 0.6 is 15.9 Å². The van der Waals surface area contributed by atoms with E-state index in [-0.39, 0.29) is 15.6 Å². The Hall–Kier alpha value is -0.860. The van der Waals surface area contributed by atoms with Gasteiger partial charge in [0.2, 0.25) is 15.8 Å². The molecule has 0 amide bonds. The third-order valence-corrected chi connectivity index (χ3v) is 5.35. The summed E-state index contributed by atoms with van der Waals surface area (Å²) in [7, 11) is -3.76. The monoisotopic (exact) mass is 339 g/mol. The van der Waals surface area contributed by atoms with E-state index in [0.29, 0.717) is 6.54 Å². The Labute approximate surface area is 114 Å². The highest BCUT2D eigenvalue weighted by Crippen LogP contribution is 2.29. The molecular formula is C10H14BrNO5S. The first-order valence-corrected chi connectivity index (χ1v) is 7.49. The molecule has 0 spiro atoms. The maximum Gasteiger partial charge on any atom is 0.371 e. The third kappa shape index (κ3) is 2.76. The summed E-state index contributed by atoms with van der Waals surface area (Å²) in [6.45, 7) is 5.49. The molecule has 0 saturated carbocycles. The largest absolute Gasteiger partial charge is 0.475 e. The molecule has 0 atom stereocenters. The number of aromatic carboxylic acids is 1. The quantitative estimate of drug-likeness (QED) is 0.887. The van der Waals surface area contributed by atoms with Crippen molar-refractivity contribution in [2.24, 2.45) is 0 Å². The van der Waals surface area contributed by atoms with Crippen LogP contribution in [0.2, 0.25) is 0 Å². The summed E-state index contributed by atoms with van der Waals surface area (Å²) in [6, 6.07) is 0.780. The molecule has 0 bridgehead atoms. The molecule has 0 aliphatic rings. The molecule has 0 aromatic carbocycles. The van der Waals surface area contributed by atoms with Crippen LogP contribution in [-0.2, 0) is 10.0 Å². The van der Waals surface area contributed by atoms with Crippen molar-refractivity contribution in [1.82, 2.24) is 4.31 Å². The van der Waals surface area contributed by atoms with Crippen molar-refractivity contribution >= 4 is 31.9 Å². The fourth-order valence-electron chi connectivity index (χ4n) is 1.57. The molecule has 1 heterocycles. The minimum Gasteiger partial charge on any atom is -0.475 e. The molecule has 0 unspecified atom stereocenters. The number of furan rings is 1. The molecule has 1 aromatic rings. The number of sulfonamides is 1. The van der Waals surface area contributed by atoms with Gasteiger partial charge in [-0.25, -0.2) is 13.2 Å². The number of nitrogens with zero attached hydrogens (tertiary/aromatic N) is 1. The molecule has 1 rings (SSSR count). The van der Waals surface area contributed by atoms with Crippen molar-refractivity contribution in [3.8, 4) is 0 Å². The number of carboxylic acids is 1. The molecule has 0 aliphatic carbocycles. The lowest BCUT2D eigenvalue weighted by molar-refractivity contribution is 0.0661. The highest BCUT2D eigenvalue weighted by Gasteiger charge is 2.31. The molecule has 0 saturated heterocycles. The summed E-state index contributed by atoms with van der Waals surface area (Å²) in [5.41, 5.74) is 0.